The van der Waals surface area contributed by atoms with Crippen LogP contribution in [0, 0.1) is 0 Å². The number of fused-ring (bicyclic) bond motifs is 1. The third-order valence-corrected chi connectivity index (χ3v) is 4.61. The lowest BCUT2D eigenvalue weighted by atomic mass is 10.1. The number of ether oxygens (including phenoxy) is 1. The molecule has 5 nitrogen and oxygen atoms in total. The van der Waals surface area contributed by atoms with Crippen molar-refractivity contribution in [2.75, 3.05) is 5.32 Å². The molecule has 1 aliphatic heterocycles. The predicted molar refractivity (Wildman–Crippen MR) is 113 cm³/mol. The van der Waals surface area contributed by atoms with Gasteiger partial charge in [0.25, 0.3) is 11.8 Å². The monoisotopic (exact) mass is 404 g/mol. The molecule has 2 amide bonds. The fourth-order valence-electron chi connectivity index (χ4n) is 2.93. The molecule has 0 bridgehead atoms. The number of benzene rings is 3. The summed E-state index contributed by atoms with van der Waals surface area (Å²) in [6, 6.07) is 21.6. The molecule has 0 fully saturated rings. The molecule has 0 unspecified atom stereocenters. The Morgan fingerprint density at radius 1 is 1.03 bits per heavy atom. The highest BCUT2D eigenvalue weighted by atomic mass is 35.5. The Morgan fingerprint density at radius 3 is 2.66 bits per heavy atom. The smallest absolute Gasteiger partial charge is 0.291 e. The Balaban J connectivity index is 1.48. The average molecular weight is 405 g/mol. The minimum atomic E-state index is -0.363. The molecule has 3 aromatic carbocycles. The minimum Gasteiger partial charge on any atom is -0.449 e. The van der Waals surface area contributed by atoms with Gasteiger partial charge in [0.15, 0.2) is 11.5 Å². The topological polar surface area (TPSA) is 67.4 Å². The molecular weight excluding hydrogens is 388 g/mol. The third-order valence-electron chi connectivity index (χ3n) is 4.37. The van der Waals surface area contributed by atoms with Gasteiger partial charge in [-0.05, 0) is 47.5 Å². The highest BCUT2D eigenvalue weighted by molar-refractivity contribution is 6.30. The summed E-state index contributed by atoms with van der Waals surface area (Å²) >= 11 is 5.96. The number of hydrogen-bond donors (Lipinski definition) is 2. The maximum Gasteiger partial charge on any atom is 0.291 e. The van der Waals surface area contributed by atoms with Crippen LogP contribution in [0.3, 0.4) is 0 Å². The molecule has 0 aromatic heterocycles. The van der Waals surface area contributed by atoms with Crippen LogP contribution in [0.25, 0.3) is 6.08 Å². The van der Waals surface area contributed by atoms with Crippen LogP contribution in [0.15, 0.2) is 78.6 Å². The molecule has 1 heterocycles. The summed E-state index contributed by atoms with van der Waals surface area (Å²) in [4.78, 5) is 24.8. The average Bonchev–Trinajstić information content (AvgIpc) is 2.73. The lowest BCUT2D eigenvalue weighted by molar-refractivity contribution is -0.115. The second-order valence-electron chi connectivity index (χ2n) is 6.50. The summed E-state index contributed by atoms with van der Waals surface area (Å²) in [6.45, 7) is 0.350. The van der Waals surface area contributed by atoms with Gasteiger partial charge in [0, 0.05) is 17.1 Å². The van der Waals surface area contributed by atoms with Crippen LogP contribution in [0.4, 0.5) is 5.69 Å². The van der Waals surface area contributed by atoms with E-state index in [0.717, 1.165) is 11.1 Å². The van der Waals surface area contributed by atoms with E-state index in [4.69, 9.17) is 16.3 Å². The standard InChI is InChI=1S/C23H17ClN2O3/c24-18-8-4-7-16(11-18)14-25-22(27)17-9-10-20-19(13-17)26-23(28)21(29-20)12-15-5-2-1-3-6-15/h1-13H,14H2,(H,25,27)(H,26,28). The van der Waals surface area contributed by atoms with Crippen LogP contribution in [-0.2, 0) is 11.3 Å². The van der Waals surface area contributed by atoms with E-state index in [1.807, 2.05) is 42.5 Å². The third kappa shape index (κ3) is 4.47. The van der Waals surface area contributed by atoms with Gasteiger partial charge in [-0.2, -0.15) is 0 Å². The van der Waals surface area contributed by atoms with Crippen LogP contribution in [0.5, 0.6) is 5.75 Å². The van der Waals surface area contributed by atoms with Crippen molar-refractivity contribution in [3.8, 4) is 5.75 Å². The van der Waals surface area contributed by atoms with Crippen LogP contribution in [0.1, 0.15) is 21.5 Å². The molecule has 29 heavy (non-hydrogen) atoms. The Bertz CT molecular complexity index is 1110. The summed E-state index contributed by atoms with van der Waals surface area (Å²) in [5.41, 5.74) is 2.63. The van der Waals surface area contributed by atoms with Crippen molar-refractivity contribution in [1.82, 2.24) is 5.32 Å². The van der Waals surface area contributed by atoms with Crippen molar-refractivity contribution >= 4 is 35.2 Å². The van der Waals surface area contributed by atoms with E-state index in [-0.39, 0.29) is 17.6 Å². The first-order valence-corrected chi connectivity index (χ1v) is 9.39. The lowest BCUT2D eigenvalue weighted by Gasteiger charge is -2.20. The second kappa shape index (κ2) is 8.20. The van der Waals surface area contributed by atoms with E-state index in [0.29, 0.717) is 28.6 Å². The molecule has 0 aliphatic carbocycles. The summed E-state index contributed by atoms with van der Waals surface area (Å²) in [6.07, 6.45) is 1.67. The first kappa shape index (κ1) is 18.8. The van der Waals surface area contributed by atoms with Crippen molar-refractivity contribution in [2.45, 2.75) is 6.54 Å². The van der Waals surface area contributed by atoms with Gasteiger partial charge in [0.1, 0.15) is 0 Å². The number of anilines is 1. The fourth-order valence-corrected chi connectivity index (χ4v) is 3.15. The Kier molecular flexibility index (Phi) is 5.31. The van der Waals surface area contributed by atoms with Crippen LogP contribution in [-0.4, -0.2) is 11.8 Å². The molecule has 4 rings (SSSR count). The molecule has 0 saturated carbocycles. The Labute approximate surface area is 173 Å². The number of hydrogen-bond acceptors (Lipinski definition) is 3. The predicted octanol–water partition coefficient (Wildman–Crippen LogP) is 4.64. The van der Waals surface area contributed by atoms with E-state index < -0.39 is 0 Å². The molecule has 0 saturated heterocycles. The molecular formula is C23H17ClN2O3. The van der Waals surface area contributed by atoms with E-state index in [9.17, 15) is 9.59 Å². The maximum atomic E-state index is 12.5. The zero-order valence-corrected chi connectivity index (χ0v) is 16.1. The van der Waals surface area contributed by atoms with E-state index in [2.05, 4.69) is 10.6 Å². The molecule has 2 N–H and O–H groups in total. The molecule has 3 aromatic rings. The lowest BCUT2D eigenvalue weighted by Crippen LogP contribution is -2.25. The maximum absolute atomic E-state index is 12.5. The van der Waals surface area contributed by atoms with Gasteiger partial charge in [0.05, 0.1) is 5.69 Å². The zero-order valence-electron chi connectivity index (χ0n) is 15.3. The molecule has 0 atom stereocenters. The number of halogens is 1. The van der Waals surface area contributed by atoms with Crippen molar-refractivity contribution < 1.29 is 14.3 Å². The van der Waals surface area contributed by atoms with Gasteiger partial charge in [-0.25, -0.2) is 0 Å². The van der Waals surface area contributed by atoms with Crippen molar-refractivity contribution in [3.63, 3.8) is 0 Å². The van der Waals surface area contributed by atoms with Gasteiger partial charge < -0.3 is 15.4 Å². The van der Waals surface area contributed by atoms with Crippen molar-refractivity contribution in [3.05, 3.63) is 100 Å². The summed E-state index contributed by atoms with van der Waals surface area (Å²) in [5.74, 6) is 0.0607. The van der Waals surface area contributed by atoms with E-state index in [1.165, 1.54) is 0 Å². The summed E-state index contributed by atoms with van der Waals surface area (Å²) in [7, 11) is 0. The molecule has 144 valence electrons. The SMILES string of the molecule is O=C1Nc2cc(C(=O)NCc3cccc(Cl)c3)ccc2OC1=Cc1ccccc1. The van der Waals surface area contributed by atoms with Gasteiger partial charge in [-0.3, -0.25) is 9.59 Å². The summed E-state index contributed by atoms with van der Waals surface area (Å²) in [5, 5.41) is 6.23. The normalized spacial score (nSPS) is 14.0. The van der Waals surface area contributed by atoms with Crippen molar-refractivity contribution in [1.29, 1.82) is 0 Å². The van der Waals surface area contributed by atoms with Crippen LogP contribution in [0.2, 0.25) is 5.02 Å². The van der Waals surface area contributed by atoms with Crippen molar-refractivity contribution in [2.24, 2.45) is 0 Å². The van der Waals surface area contributed by atoms with Gasteiger partial charge >= 0.3 is 0 Å². The van der Waals surface area contributed by atoms with E-state index >= 15 is 0 Å². The highest BCUT2D eigenvalue weighted by Crippen LogP contribution is 2.32. The fraction of sp³-hybridized carbons (Fsp3) is 0.0435. The highest BCUT2D eigenvalue weighted by Gasteiger charge is 2.23. The first-order chi connectivity index (χ1) is 14.1. The molecule has 0 spiro atoms. The minimum absolute atomic E-state index is 0.196. The molecule has 1 aliphatic rings. The number of carbonyl (C=O) groups is 2. The zero-order chi connectivity index (χ0) is 20.2. The number of amides is 2. The van der Waals surface area contributed by atoms with Gasteiger partial charge in [-0.1, -0.05) is 54.1 Å². The summed E-state index contributed by atoms with van der Waals surface area (Å²) < 4.78 is 5.73. The Hall–Kier alpha value is -3.57. The number of rotatable bonds is 4. The molecule has 0 radical (unpaired) electrons. The Morgan fingerprint density at radius 2 is 1.86 bits per heavy atom. The number of carbonyl (C=O) groups excluding carboxylic acids is 2. The quantitative estimate of drug-likeness (QED) is 0.622. The second-order valence-corrected chi connectivity index (χ2v) is 6.94. The van der Waals surface area contributed by atoms with Crippen LogP contribution >= 0.6 is 11.6 Å². The number of nitrogens with one attached hydrogen (secondary N) is 2. The first-order valence-electron chi connectivity index (χ1n) is 9.01. The van der Waals surface area contributed by atoms with Crippen LogP contribution < -0.4 is 15.4 Å². The molecule has 6 heteroatoms. The van der Waals surface area contributed by atoms with Gasteiger partial charge in [0.2, 0.25) is 0 Å². The largest absolute Gasteiger partial charge is 0.449 e. The van der Waals surface area contributed by atoms with Gasteiger partial charge in [-0.15, -0.1) is 0 Å². The van der Waals surface area contributed by atoms with E-state index in [1.54, 1.807) is 36.4 Å².